The summed E-state index contributed by atoms with van der Waals surface area (Å²) in [5.41, 5.74) is 0.876. The minimum Gasteiger partial charge on any atom is -0.347 e. The number of aryl methyl sites for hydroxylation is 2. The summed E-state index contributed by atoms with van der Waals surface area (Å²) < 4.78 is 3.98. The molecule has 0 amide bonds. The Morgan fingerprint density at radius 2 is 2.10 bits per heavy atom. The van der Waals surface area contributed by atoms with Crippen LogP contribution < -0.4 is 4.90 Å². The van der Waals surface area contributed by atoms with Crippen LogP contribution in [0.25, 0.3) is 11.0 Å². The van der Waals surface area contributed by atoms with Gasteiger partial charge in [-0.25, -0.2) is 15.0 Å². The van der Waals surface area contributed by atoms with Gasteiger partial charge in [0.2, 0.25) is 0 Å². The fourth-order valence-electron chi connectivity index (χ4n) is 2.71. The number of fused-ring (bicyclic) bond motifs is 2. The van der Waals surface area contributed by atoms with Crippen molar-refractivity contribution in [3.63, 3.8) is 0 Å². The highest BCUT2D eigenvalue weighted by Gasteiger charge is 2.21. The SMILES string of the molecule is Cc1nc(N2CCn3ccnc3C2)c2cnn(C)c2n1. The van der Waals surface area contributed by atoms with Crippen LogP contribution in [0.3, 0.4) is 0 Å². The van der Waals surface area contributed by atoms with Crippen LogP contribution in [0.2, 0.25) is 0 Å². The van der Waals surface area contributed by atoms with E-state index in [0.29, 0.717) is 0 Å². The number of hydrogen-bond donors (Lipinski definition) is 0. The molecule has 1 aliphatic heterocycles. The molecule has 20 heavy (non-hydrogen) atoms. The molecule has 1 aliphatic rings. The van der Waals surface area contributed by atoms with Crippen molar-refractivity contribution in [3.05, 3.63) is 30.2 Å². The van der Waals surface area contributed by atoms with Crippen LogP contribution in [0.5, 0.6) is 0 Å². The Kier molecular flexibility index (Phi) is 2.29. The zero-order chi connectivity index (χ0) is 13.7. The van der Waals surface area contributed by atoms with Crippen LogP contribution in [-0.2, 0) is 20.1 Å². The second-order valence-electron chi connectivity index (χ2n) is 5.06. The summed E-state index contributed by atoms with van der Waals surface area (Å²) in [6, 6.07) is 0. The predicted octanol–water partition coefficient (Wildman–Crippen LogP) is 0.888. The van der Waals surface area contributed by atoms with E-state index in [9.17, 15) is 0 Å². The van der Waals surface area contributed by atoms with Gasteiger partial charge in [-0.1, -0.05) is 0 Å². The number of imidazole rings is 1. The Morgan fingerprint density at radius 1 is 1.20 bits per heavy atom. The molecule has 7 nitrogen and oxygen atoms in total. The fraction of sp³-hybridized carbons (Fsp3) is 0.385. The van der Waals surface area contributed by atoms with Gasteiger partial charge < -0.3 is 9.47 Å². The average Bonchev–Trinajstić information content (AvgIpc) is 3.04. The van der Waals surface area contributed by atoms with Crippen LogP contribution >= 0.6 is 0 Å². The molecular formula is C13H15N7. The van der Waals surface area contributed by atoms with Gasteiger partial charge in [0.15, 0.2) is 5.65 Å². The van der Waals surface area contributed by atoms with Gasteiger partial charge in [-0.15, -0.1) is 0 Å². The molecule has 0 aromatic carbocycles. The quantitative estimate of drug-likeness (QED) is 0.656. The maximum absolute atomic E-state index is 4.62. The van der Waals surface area contributed by atoms with E-state index in [4.69, 9.17) is 0 Å². The normalized spacial score (nSPS) is 14.8. The van der Waals surface area contributed by atoms with Gasteiger partial charge in [0.1, 0.15) is 17.5 Å². The van der Waals surface area contributed by atoms with Gasteiger partial charge in [0, 0.05) is 32.5 Å². The summed E-state index contributed by atoms with van der Waals surface area (Å²) in [5, 5.41) is 5.29. The minimum atomic E-state index is 0.769. The van der Waals surface area contributed by atoms with E-state index < -0.39 is 0 Å². The molecule has 4 heterocycles. The molecule has 0 unspecified atom stereocenters. The molecule has 0 radical (unpaired) electrons. The van der Waals surface area contributed by atoms with Gasteiger partial charge in [-0.05, 0) is 6.92 Å². The van der Waals surface area contributed by atoms with Crippen molar-refractivity contribution < 1.29 is 0 Å². The molecule has 0 aliphatic carbocycles. The van der Waals surface area contributed by atoms with E-state index >= 15 is 0 Å². The second-order valence-corrected chi connectivity index (χ2v) is 5.06. The molecule has 0 saturated heterocycles. The van der Waals surface area contributed by atoms with Crippen LogP contribution in [0.4, 0.5) is 5.82 Å². The number of anilines is 1. The topological polar surface area (TPSA) is 64.7 Å². The van der Waals surface area contributed by atoms with Crippen molar-refractivity contribution in [2.75, 3.05) is 11.4 Å². The van der Waals surface area contributed by atoms with Gasteiger partial charge in [0.25, 0.3) is 0 Å². The van der Waals surface area contributed by atoms with Crippen LogP contribution in [0.1, 0.15) is 11.6 Å². The Bertz CT molecular complexity index is 785. The molecule has 3 aromatic heterocycles. The number of rotatable bonds is 1. The third-order valence-corrected chi connectivity index (χ3v) is 3.73. The standard InChI is InChI=1S/C13H15N7/c1-9-16-12-10(7-15-18(12)2)13(17-9)20-6-5-19-4-3-14-11(19)8-20/h3-4,7H,5-6,8H2,1-2H3. The lowest BCUT2D eigenvalue weighted by molar-refractivity contribution is 0.557. The third kappa shape index (κ3) is 1.59. The van der Waals surface area contributed by atoms with Gasteiger partial charge in [0.05, 0.1) is 18.1 Å². The first-order valence-electron chi connectivity index (χ1n) is 6.63. The maximum Gasteiger partial charge on any atom is 0.163 e. The van der Waals surface area contributed by atoms with E-state index in [1.54, 1.807) is 4.68 Å². The summed E-state index contributed by atoms with van der Waals surface area (Å²) >= 11 is 0. The van der Waals surface area contributed by atoms with Crippen LogP contribution in [0.15, 0.2) is 18.6 Å². The van der Waals surface area contributed by atoms with E-state index in [0.717, 1.165) is 48.1 Å². The highest BCUT2D eigenvalue weighted by Crippen LogP contribution is 2.26. The highest BCUT2D eigenvalue weighted by atomic mass is 15.3. The largest absolute Gasteiger partial charge is 0.347 e. The summed E-state index contributed by atoms with van der Waals surface area (Å²) in [5.74, 6) is 2.80. The smallest absolute Gasteiger partial charge is 0.163 e. The molecule has 0 bridgehead atoms. The third-order valence-electron chi connectivity index (χ3n) is 3.73. The Morgan fingerprint density at radius 3 is 3.00 bits per heavy atom. The minimum absolute atomic E-state index is 0.769. The molecule has 0 saturated carbocycles. The van der Waals surface area contributed by atoms with Crippen molar-refractivity contribution in [2.24, 2.45) is 7.05 Å². The average molecular weight is 269 g/mol. The molecule has 3 aromatic rings. The Hall–Kier alpha value is -2.44. The van der Waals surface area contributed by atoms with Crippen molar-refractivity contribution in [1.82, 2.24) is 29.3 Å². The molecule has 0 spiro atoms. The summed E-state index contributed by atoms with van der Waals surface area (Å²) in [6.07, 6.45) is 5.71. The lowest BCUT2D eigenvalue weighted by Gasteiger charge is -2.29. The maximum atomic E-state index is 4.62. The van der Waals surface area contributed by atoms with Crippen LogP contribution in [0, 0.1) is 6.92 Å². The summed E-state index contributed by atoms with van der Waals surface area (Å²) in [6.45, 7) is 4.54. The van der Waals surface area contributed by atoms with Crippen molar-refractivity contribution in [1.29, 1.82) is 0 Å². The van der Waals surface area contributed by atoms with E-state index in [-0.39, 0.29) is 0 Å². The zero-order valence-electron chi connectivity index (χ0n) is 11.5. The lowest BCUT2D eigenvalue weighted by Crippen LogP contribution is -2.34. The second kappa shape index (κ2) is 4.03. The van der Waals surface area contributed by atoms with Gasteiger partial charge >= 0.3 is 0 Å². The van der Waals surface area contributed by atoms with Crippen molar-refractivity contribution in [2.45, 2.75) is 20.0 Å². The molecular weight excluding hydrogens is 254 g/mol. The first-order chi connectivity index (χ1) is 9.72. The Labute approximate surface area is 115 Å². The summed E-state index contributed by atoms with van der Waals surface area (Å²) in [7, 11) is 1.90. The molecule has 0 N–H and O–H groups in total. The van der Waals surface area contributed by atoms with E-state index in [1.807, 2.05) is 32.6 Å². The van der Waals surface area contributed by atoms with E-state index in [2.05, 4.69) is 29.5 Å². The molecule has 7 heteroatoms. The predicted molar refractivity (Wildman–Crippen MR) is 74.3 cm³/mol. The number of hydrogen-bond acceptors (Lipinski definition) is 5. The molecule has 4 rings (SSSR count). The summed E-state index contributed by atoms with van der Waals surface area (Å²) in [4.78, 5) is 15.7. The van der Waals surface area contributed by atoms with Gasteiger partial charge in [-0.3, -0.25) is 4.68 Å². The van der Waals surface area contributed by atoms with Crippen molar-refractivity contribution in [3.8, 4) is 0 Å². The zero-order valence-corrected chi connectivity index (χ0v) is 11.5. The first kappa shape index (κ1) is 11.4. The molecule has 102 valence electrons. The molecule has 0 atom stereocenters. The first-order valence-corrected chi connectivity index (χ1v) is 6.63. The number of nitrogens with zero attached hydrogens (tertiary/aromatic N) is 7. The number of aromatic nitrogens is 6. The fourth-order valence-corrected chi connectivity index (χ4v) is 2.71. The Balaban J connectivity index is 1.83. The monoisotopic (exact) mass is 269 g/mol. The van der Waals surface area contributed by atoms with Crippen molar-refractivity contribution >= 4 is 16.9 Å². The lowest BCUT2D eigenvalue weighted by atomic mass is 10.3. The highest BCUT2D eigenvalue weighted by molar-refractivity contribution is 5.86. The molecule has 0 fully saturated rings. The van der Waals surface area contributed by atoms with Crippen LogP contribution in [-0.4, -0.2) is 35.8 Å². The van der Waals surface area contributed by atoms with Gasteiger partial charge in [-0.2, -0.15) is 5.10 Å². The van der Waals surface area contributed by atoms with E-state index in [1.165, 1.54) is 0 Å².